The highest BCUT2D eigenvalue weighted by Gasteiger charge is 2.34. The van der Waals surface area contributed by atoms with Crippen molar-refractivity contribution in [2.24, 2.45) is 11.7 Å². The topological polar surface area (TPSA) is 64.8 Å². The fourth-order valence-corrected chi connectivity index (χ4v) is 3.31. The molecule has 1 aliphatic rings. The Hall–Kier alpha value is -2.15. The van der Waals surface area contributed by atoms with Gasteiger partial charge in [0.25, 0.3) is 5.91 Å². The van der Waals surface area contributed by atoms with Crippen LogP contribution in [0.4, 0.5) is 4.39 Å². The van der Waals surface area contributed by atoms with Crippen molar-refractivity contribution in [3.8, 4) is 5.75 Å². The maximum atomic E-state index is 13.9. The maximum Gasteiger partial charge on any atom is 0.257 e. The van der Waals surface area contributed by atoms with Crippen molar-refractivity contribution in [1.82, 2.24) is 4.90 Å². The fourth-order valence-electron chi connectivity index (χ4n) is 3.31. The molecule has 2 N–H and O–H groups in total. The molecule has 0 saturated carbocycles. The summed E-state index contributed by atoms with van der Waals surface area (Å²) in [5.41, 5.74) is 6.73. The monoisotopic (exact) mass is 422 g/mol. The van der Waals surface area contributed by atoms with Gasteiger partial charge < -0.3 is 20.1 Å². The molecule has 2 atom stereocenters. The highest BCUT2D eigenvalue weighted by Crippen LogP contribution is 2.30. The van der Waals surface area contributed by atoms with Gasteiger partial charge in [-0.15, -0.1) is 12.4 Å². The van der Waals surface area contributed by atoms with Crippen LogP contribution in [0.15, 0.2) is 48.5 Å². The summed E-state index contributed by atoms with van der Waals surface area (Å²) in [6.07, 6.45) is -0.335. The van der Waals surface area contributed by atoms with Gasteiger partial charge in [0.05, 0.1) is 18.2 Å². The number of nitrogens with zero attached hydrogens (tertiary/aromatic N) is 1. The Bertz CT molecular complexity index is 804. The van der Waals surface area contributed by atoms with E-state index in [0.717, 1.165) is 5.56 Å². The van der Waals surface area contributed by atoms with Crippen LogP contribution in [0.2, 0.25) is 0 Å². The minimum atomic E-state index is -0.475. The van der Waals surface area contributed by atoms with E-state index in [1.807, 2.05) is 30.3 Å². The van der Waals surface area contributed by atoms with Gasteiger partial charge in [0, 0.05) is 13.1 Å². The SMILES string of the molecule is CC(C)[C@H]1CN(C(=O)c2cc(F)ccc2OCCN)C[C@@H](c2ccccc2)O1.Cl. The van der Waals surface area contributed by atoms with Crippen LogP contribution in [0.5, 0.6) is 5.75 Å². The number of benzene rings is 2. The first-order chi connectivity index (χ1) is 13.5. The van der Waals surface area contributed by atoms with Gasteiger partial charge in [0.15, 0.2) is 0 Å². The number of carbonyl (C=O) groups is 1. The molecule has 2 aromatic rings. The van der Waals surface area contributed by atoms with Gasteiger partial charge >= 0.3 is 0 Å². The van der Waals surface area contributed by atoms with E-state index in [0.29, 0.717) is 25.4 Å². The van der Waals surface area contributed by atoms with Crippen LogP contribution in [0.1, 0.15) is 35.9 Å². The summed E-state index contributed by atoms with van der Waals surface area (Å²) in [4.78, 5) is 15.0. The molecule has 7 heteroatoms. The molecular formula is C22H28ClFN2O3. The zero-order valence-electron chi connectivity index (χ0n) is 16.7. The third kappa shape index (κ3) is 5.69. The molecular weight excluding hydrogens is 395 g/mol. The van der Waals surface area contributed by atoms with Crippen molar-refractivity contribution in [3.05, 3.63) is 65.5 Å². The van der Waals surface area contributed by atoms with Crippen LogP contribution < -0.4 is 10.5 Å². The Kier molecular flexibility index (Phi) is 8.44. The standard InChI is InChI=1S/C22H27FN2O3.ClH/c1-15(2)20-13-25(14-21(28-20)16-6-4-3-5-7-16)22(26)18-12-17(23)8-9-19(18)27-11-10-24;/h3-9,12,15,20-21H,10-11,13-14,24H2,1-2H3;1H/t20-,21+;/m1./s1. The second kappa shape index (κ2) is 10.6. The molecule has 29 heavy (non-hydrogen) atoms. The van der Waals surface area contributed by atoms with Gasteiger partial charge in [-0.3, -0.25) is 4.79 Å². The molecule has 1 saturated heterocycles. The number of hydrogen-bond donors (Lipinski definition) is 1. The minimum Gasteiger partial charge on any atom is -0.491 e. The van der Waals surface area contributed by atoms with E-state index < -0.39 is 5.82 Å². The van der Waals surface area contributed by atoms with Crippen LogP contribution in [0.25, 0.3) is 0 Å². The van der Waals surface area contributed by atoms with Crippen molar-refractivity contribution in [1.29, 1.82) is 0 Å². The normalized spacial score (nSPS) is 19.0. The van der Waals surface area contributed by atoms with Crippen LogP contribution in [-0.2, 0) is 4.74 Å². The Morgan fingerprint density at radius 1 is 1.24 bits per heavy atom. The fraction of sp³-hybridized carbons (Fsp3) is 0.409. The molecule has 2 aromatic carbocycles. The lowest BCUT2D eigenvalue weighted by Crippen LogP contribution is -2.48. The second-order valence-corrected chi connectivity index (χ2v) is 7.31. The Balaban J connectivity index is 0.00000300. The van der Waals surface area contributed by atoms with E-state index >= 15 is 0 Å². The smallest absolute Gasteiger partial charge is 0.257 e. The predicted molar refractivity (Wildman–Crippen MR) is 113 cm³/mol. The Morgan fingerprint density at radius 2 is 1.97 bits per heavy atom. The van der Waals surface area contributed by atoms with Crippen molar-refractivity contribution in [2.45, 2.75) is 26.1 Å². The van der Waals surface area contributed by atoms with Gasteiger partial charge in [-0.2, -0.15) is 0 Å². The number of nitrogens with two attached hydrogens (primary N) is 1. The van der Waals surface area contributed by atoms with E-state index in [4.69, 9.17) is 15.2 Å². The molecule has 0 radical (unpaired) electrons. The summed E-state index contributed by atoms with van der Waals surface area (Å²) in [6, 6.07) is 13.8. The first-order valence-electron chi connectivity index (χ1n) is 9.61. The summed E-state index contributed by atoms with van der Waals surface area (Å²) in [7, 11) is 0. The summed E-state index contributed by atoms with van der Waals surface area (Å²) < 4.78 is 25.7. The maximum absolute atomic E-state index is 13.9. The molecule has 5 nitrogen and oxygen atoms in total. The number of carbonyl (C=O) groups excluding carboxylic acids is 1. The zero-order valence-corrected chi connectivity index (χ0v) is 17.5. The molecule has 0 unspecified atom stereocenters. The number of halogens is 2. The van der Waals surface area contributed by atoms with E-state index in [9.17, 15) is 9.18 Å². The van der Waals surface area contributed by atoms with Gasteiger partial charge in [0.2, 0.25) is 0 Å². The summed E-state index contributed by atoms with van der Waals surface area (Å²) in [6.45, 7) is 5.56. The molecule has 0 bridgehead atoms. The summed E-state index contributed by atoms with van der Waals surface area (Å²) >= 11 is 0. The first-order valence-corrected chi connectivity index (χ1v) is 9.61. The molecule has 158 valence electrons. The number of hydrogen-bond acceptors (Lipinski definition) is 4. The quantitative estimate of drug-likeness (QED) is 0.768. The molecule has 0 aromatic heterocycles. The van der Waals surface area contributed by atoms with Crippen LogP contribution in [0, 0.1) is 11.7 Å². The molecule has 3 rings (SSSR count). The van der Waals surface area contributed by atoms with Crippen molar-refractivity contribution < 1.29 is 18.7 Å². The lowest BCUT2D eigenvalue weighted by Gasteiger charge is -2.40. The second-order valence-electron chi connectivity index (χ2n) is 7.31. The van der Waals surface area contributed by atoms with Crippen LogP contribution >= 0.6 is 12.4 Å². The van der Waals surface area contributed by atoms with Crippen molar-refractivity contribution in [3.63, 3.8) is 0 Å². The van der Waals surface area contributed by atoms with Gasteiger partial charge in [-0.25, -0.2) is 4.39 Å². The molecule has 0 aliphatic carbocycles. The van der Waals surface area contributed by atoms with Crippen LogP contribution in [-0.4, -0.2) is 43.2 Å². The Morgan fingerprint density at radius 3 is 2.62 bits per heavy atom. The number of amides is 1. The molecule has 1 amide bonds. The highest BCUT2D eigenvalue weighted by molar-refractivity contribution is 5.97. The third-order valence-electron chi connectivity index (χ3n) is 4.88. The van der Waals surface area contributed by atoms with E-state index in [1.165, 1.54) is 18.2 Å². The molecule has 1 aliphatic heterocycles. The number of ether oxygens (including phenoxy) is 2. The average molecular weight is 423 g/mol. The van der Waals surface area contributed by atoms with E-state index in [-0.39, 0.29) is 48.6 Å². The molecule has 0 spiro atoms. The van der Waals surface area contributed by atoms with Crippen molar-refractivity contribution >= 4 is 18.3 Å². The first kappa shape index (κ1) is 23.1. The van der Waals surface area contributed by atoms with Gasteiger partial charge in [-0.1, -0.05) is 44.2 Å². The summed E-state index contributed by atoms with van der Waals surface area (Å²) in [5, 5.41) is 0. The average Bonchev–Trinajstić information content (AvgIpc) is 2.72. The molecule has 1 fully saturated rings. The van der Waals surface area contributed by atoms with E-state index in [1.54, 1.807) is 4.90 Å². The van der Waals surface area contributed by atoms with Crippen LogP contribution in [0.3, 0.4) is 0 Å². The minimum absolute atomic E-state index is 0. The zero-order chi connectivity index (χ0) is 20.1. The highest BCUT2D eigenvalue weighted by atomic mass is 35.5. The predicted octanol–water partition coefficient (Wildman–Crippen LogP) is 3.82. The third-order valence-corrected chi connectivity index (χ3v) is 4.88. The number of rotatable bonds is 6. The van der Waals surface area contributed by atoms with E-state index in [2.05, 4.69) is 13.8 Å². The Labute approximate surface area is 177 Å². The largest absolute Gasteiger partial charge is 0.491 e. The van der Waals surface area contributed by atoms with Gasteiger partial charge in [0.1, 0.15) is 24.3 Å². The lowest BCUT2D eigenvalue weighted by molar-refractivity contribution is -0.0955. The molecule has 1 heterocycles. The van der Waals surface area contributed by atoms with Crippen molar-refractivity contribution in [2.75, 3.05) is 26.2 Å². The van der Waals surface area contributed by atoms with Gasteiger partial charge in [-0.05, 0) is 29.7 Å². The lowest BCUT2D eigenvalue weighted by atomic mass is 10.00. The number of morpholine rings is 1. The summed E-state index contributed by atoms with van der Waals surface area (Å²) in [5.74, 6) is -0.152.